The topological polar surface area (TPSA) is 51.5 Å². The van der Waals surface area contributed by atoms with Crippen LogP contribution in [0.25, 0.3) is 10.9 Å². The second kappa shape index (κ2) is 7.64. The molecule has 1 atom stereocenters. The van der Waals surface area contributed by atoms with Crippen molar-refractivity contribution < 1.29 is 14.6 Å². The SMILES string of the molecule is COCCCn1cc(C)c2ccc(C[C@@H](C(=O)O)C(C)C)cc21. The van der Waals surface area contributed by atoms with Gasteiger partial charge in [0, 0.05) is 37.4 Å². The summed E-state index contributed by atoms with van der Waals surface area (Å²) in [7, 11) is 1.72. The molecule has 1 heterocycles. The number of carbonyl (C=O) groups is 1. The highest BCUT2D eigenvalue weighted by molar-refractivity contribution is 5.84. The van der Waals surface area contributed by atoms with E-state index in [9.17, 15) is 9.90 Å². The fraction of sp³-hybridized carbons (Fsp3) is 0.526. The van der Waals surface area contributed by atoms with Crippen molar-refractivity contribution in [2.45, 2.75) is 40.2 Å². The maximum Gasteiger partial charge on any atom is 0.307 e. The molecule has 4 nitrogen and oxygen atoms in total. The molecule has 23 heavy (non-hydrogen) atoms. The lowest BCUT2D eigenvalue weighted by Crippen LogP contribution is -2.22. The molecule has 0 fully saturated rings. The van der Waals surface area contributed by atoms with E-state index in [2.05, 4.69) is 35.9 Å². The van der Waals surface area contributed by atoms with Crippen LogP contribution < -0.4 is 0 Å². The van der Waals surface area contributed by atoms with E-state index in [4.69, 9.17) is 4.74 Å². The van der Waals surface area contributed by atoms with Crippen molar-refractivity contribution in [2.75, 3.05) is 13.7 Å². The van der Waals surface area contributed by atoms with Gasteiger partial charge in [-0.15, -0.1) is 0 Å². The highest BCUT2D eigenvalue weighted by Crippen LogP contribution is 2.25. The molecule has 0 amide bonds. The molecule has 126 valence electrons. The summed E-state index contributed by atoms with van der Waals surface area (Å²) in [6.45, 7) is 7.70. The summed E-state index contributed by atoms with van der Waals surface area (Å²) in [5.41, 5.74) is 3.52. The monoisotopic (exact) mass is 317 g/mol. The van der Waals surface area contributed by atoms with Crippen molar-refractivity contribution in [3.8, 4) is 0 Å². The van der Waals surface area contributed by atoms with Crippen LogP contribution >= 0.6 is 0 Å². The van der Waals surface area contributed by atoms with Crippen LogP contribution in [0.4, 0.5) is 0 Å². The molecule has 0 bridgehead atoms. The Labute approximate surface area is 138 Å². The molecule has 0 saturated heterocycles. The number of aryl methyl sites for hydroxylation is 2. The summed E-state index contributed by atoms with van der Waals surface area (Å²) in [5, 5.41) is 10.6. The molecule has 0 aliphatic heterocycles. The number of benzene rings is 1. The lowest BCUT2D eigenvalue weighted by molar-refractivity contribution is -0.143. The number of methoxy groups -OCH3 is 1. The molecule has 0 aliphatic carbocycles. The number of rotatable bonds is 8. The van der Waals surface area contributed by atoms with Crippen LogP contribution in [0.15, 0.2) is 24.4 Å². The summed E-state index contributed by atoms with van der Waals surface area (Å²) in [6.07, 6.45) is 3.71. The third kappa shape index (κ3) is 4.14. The van der Waals surface area contributed by atoms with Gasteiger partial charge >= 0.3 is 5.97 Å². The van der Waals surface area contributed by atoms with E-state index in [1.807, 2.05) is 13.8 Å². The predicted octanol–water partition coefficient (Wildman–Crippen LogP) is 3.89. The van der Waals surface area contributed by atoms with Gasteiger partial charge in [0.1, 0.15) is 0 Å². The van der Waals surface area contributed by atoms with E-state index in [0.717, 1.165) is 25.1 Å². The minimum Gasteiger partial charge on any atom is -0.481 e. The van der Waals surface area contributed by atoms with Crippen LogP contribution in [0.1, 0.15) is 31.4 Å². The van der Waals surface area contributed by atoms with Gasteiger partial charge in [-0.25, -0.2) is 0 Å². The first-order valence-electron chi connectivity index (χ1n) is 8.24. The lowest BCUT2D eigenvalue weighted by Gasteiger charge is -2.16. The van der Waals surface area contributed by atoms with Crippen molar-refractivity contribution in [3.63, 3.8) is 0 Å². The summed E-state index contributed by atoms with van der Waals surface area (Å²) in [5.74, 6) is -0.935. The van der Waals surface area contributed by atoms with Gasteiger partial charge in [-0.3, -0.25) is 4.79 Å². The van der Waals surface area contributed by atoms with Gasteiger partial charge in [0.15, 0.2) is 0 Å². The van der Waals surface area contributed by atoms with E-state index < -0.39 is 5.97 Å². The second-order valence-corrected chi connectivity index (χ2v) is 6.60. The van der Waals surface area contributed by atoms with Gasteiger partial charge in [-0.1, -0.05) is 26.0 Å². The summed E-state index contributed by atoms with van der Waals surface area (Å²) < 4.78 is 7.38. The highest BCUT2D eigenvalue weighted by atomic mass is 16.5. The molecule has 0 aliphatic rings. The fourth-order valence-corrected chi connectivity index (χ4v) is 3.07. The van der Waals surface area contributed by atoms with Gasteiger partial charge in [-0.05, 0) is 42.9 Å². The Morgan fingerprint density at radius 2 is 2.09 bits per heavy atom. The normalized spacial score (nSPS) is 12.9. The Bertz CT molecular complexity index is 673. The number of hydrogen-bond acceptors (Lipinski definition) is 2. The van der Waals surface area contributed by atoms with E-state index >= 15 is 0 Å². The first-order valence-corrected chi connectivity index (χ1v) is 8.24. The number of carboxylic acids is 1. The first kappa shape index (κ1) is 17.5. The predicted molar refractivity (Wildman–Crippen MR) is 92.8 cm³/mol. The summed E-state index contributed by atoms with van der Waals surface area (Å²) in [6, 6.07) is 6.33. The third-order valence-electron chi connectivity index (χ3n) is 4.47. The van der Waals surface area contributed by atoms with E-state index in [1.54, 1.807) is 7.11 Å². The van der Waals surface area contributed by atoms with Gasteiger partial charge in [0.2, 0.25) is 0 Å². The molecular formula is C19H27NO3. The Hall–Kier alpha value is -1.81. The van der Waals surface area contributed by atoms with Crippen molar-refractivity contribution in [3.05, 3.63) is 35.5 Å². The standard InChI is InChI=1S/C19H27NO3/c1-13(2)17(19(21)22)10-15-6-7-16-14(3)12-20(18(16)11-15)8-5-9-23-4/h6-7,11-13,17H,5,8-10H2,1-4H3,(H,21,22)/t17-/m1/s1. The molecule has 1 N–H and O–H groups in total. The number of ether oxygens (including phenoxy) is 1. The largest absolute Gasteiger partial charge is 0.481 e. The maximum atomic E-state index is 11.4. The molecule has 0 saturated carbocycles. The molecule has 1 aromatic heterocycles. The Kier molecular flexibility index (Phi) is 5.83. The van der Waals surface area contributed by atoms with E-state index in [0.29, 0.717) is 6.42 Å². The number of hydrogen-bond donors (Lipinski definition) is 1. The number of aliphatic carboxylic acids is 1. The fourth-order valence-electron chi connectivity index (χ4n) is 3.07. The Balaban J connectivity index is 2.29. The van der Waals surface area contributed by atoms with Gasteiger partial charge in [-0.2, -0.15) is 0 Å². The zero-order valence-electron chi connectivity index (χ0n) is 14.5. The number of carboxylic acid groups (broad SMARTS) is 1. The Morgan fingerprint density at radius 1 is 1.35 bits per heavy atom. The van der Waals surface area contributed by atoms with Crippen LogP contribution in [-0.2, 0) is 22.5 Å². The average molecular weight is 317 g/mol. The van der Waals surface area contributed by atoms with Crippen molar-refractivity contribution in [2.24, 2.45) is 11.8 Å². The smallest absolute Gasteiger partial charge is 0.307 e. The minimum absolute atomic E-state index is 0.124. The van der Waals surface area contributed by atoms with Gasteiger partial charge in [0.05, 0.1) is 5.92 Å². The molecule has 4 heteroatoms. The number of nitrogens with zero attached hydrogens (tertiary/aromatic N) is 1. The Morgan fingerprint density at radius 3 is 2.70 bits per heavy atom. The zero-order valence-corrected chi connectivity index (χ0v) is 14.5. The van der Waals surface area contributed by atoms with Crippen LogP contribution in [-0.4, -0.2) is 29.4 Å². The quantitative estimate of drug-likeness (QED) is 0.752. The van der Waals surface area contributed by atoms with Crippen molar-refractivity contribution >= 4 is 16.9 Å². The van der Waals surface area contributed by atoms with Crippen LogP contribution in [0, 0.1) is 18.8 Å². The van der Waals surface area contributed by atoms with Crippen LogP contribution in [0.2, 0.25) is 0 Å². The summed E-state index contributed by atoms with van der Waals surface area (Å²) in [4.78, 5) is 11.4. The van der Waals surface area contributed by atoms with Crippen molar-refractivity contribution in [1.29, 1.82) is 0 Å². The molecule has 2 rings (SSSR count). The molecule has 1 aromatic carbocycles. The molecule has 0 radical (unpaired) electrons. The zero-order chi connectivity index (χ0) is 17.0. The van der Waals surface area contributed by atoms with Crippen molar-refractivity contribution in [1.82, 2.24) is 4.57 Å². The molecular weight excluding hydrogens is 290 g/mol. The number of aromatic nitrogens is 1. The van der Waals surface area contributed by atoms with Crippen LogP contribution in [0.5, 0.6) is 0 Å². The van der Waals surface area contributed by atoms with Gasteiger partial charge < -0.3 is 14.4 Å². The van der Waals surface area contributed by atoms with Gasteiger partial charge in [0.25, 0.3) is 0 Å². The second-order valence-electron chi connectivity index (χ2n) is 6.60. The lowest BCUT2D eigenvalue weighted by atomic mass is 9.89. The highest BCUT2D eigenvalue weighted by Gasteiger charge is 2.22. The molecule has 0 unspecified atom stereocenters. The molecule has 2 aromatic rings. The third-order valence-corrected chi connectivity index (χ3v) is 4.47. The first-order chi connectivity index (χ1) is 10.9. The molecule has 0 spiro atoms. The maximum absolute atomic E-state index is 11.4. The number of fused-ring (bicyclic) bond motifs is 1. The minimum atomic E-state index is -0.716. The van der Waals surface area contributed by atoms with Crippen LogP contribution in [0.3, 0.4) is 0 Å². The van der Waals surface area contributed by atoms with E-state index in [1.165, 1.54) is 16.5 Å². The van der Waals surface area contributed by atoms with E-state index in [-0.39, 0.29) is 11.8 Å². The summed E-state index contributed by atoms with van der Waals surface area (Å²) >= 11 is 0. The average Bonchev–Trinajstić information content (AvgIpc) is 2.80.